The number of oxime groups is 1. The molecule has 1 aromatic carbocycles. The van der Waals surface area contributed by atoms with Crippen molar-refractivity contribution in [3.05, 3.63) is 35.1 Å². The van der Waals surface area contributed by atoms with E-state index in [0.717, 1.165) is 5.56 Å². The fourth-order valence-electron chi connectivity index (χ4n) is 1.16. The van der Waals surface area contributed by atoms with Gasteiger partial charge in [0.2, 0.25) is 0 Å². The van der Waals surface area contributed by atoms with Crippen molar-refractivity contribution < 1.29 is 9.60 Å². The van der Waals surface area contributed by atoms with Crippen LogP contribution in [0.4, 0.5) is 4.39 Å². The van der Waals surface area contributed by atoms with E-state index in [0.29, 0.717) is 12.1 Å². The van der Waals surface area contributed by atoms with Crippen LogP contribution in [0.25, 0.3) is 0 Å². The lowest BCUT2D eigenvalue weighted by molar-refractivity contribution is 0.318. The van der Waals surface area contributed by atoms with Gasteiger partial charge in [-0.15, -0.1) is 0 Å². The van der Waals surface area contributed by atoms with Gasteiger partial charge in [0, 0.05) is 12.1 Å². The Bertz CT molecular complexity index is 352. The average molecular weight is 197 g/mol. The Hall–Kier alpha value is -1.62. The van der Waals surface area contributed by atoms with E-state index in [9.17, 15) is 4.39 Å². The van der Waals surface area contributed by atoms with Crippen LogP contribution >= 0.6 is 0 Å². The Morgan fingerprint density at radius 2 is 2.29 bits per heavy atom. The van der Waals surface area contributed by atoms with Gasteiger partial charge < -0.3 is 16.3 Å². The molecule has 0 unspecified atom stereocenters. The van der Waals surface area contributed by atoms with Gasteiger partial charge in [-0.25, -0.2) is 4.39 Å². The minimum Gasteiger partial charge on any atom is -0.409 e. The second-order valence-corrected chi connectivity index (χ2v) is 2.86. The summed E-state index contributed by atoms with van der Waals surface area (Å²) in [6.07, 6.45) is 0. The summed E-state index contributed by atoms with van der Waals surface area (Å²) in [5.41, 5.74) is 6.46. The number of nitrogens with two attached hydrogens (primary N) is 1. The summed E-state index contributed by atoms with van der Waals surface area (Å²) in [6, 6.07) is 4.27. The number of hydrogen-bond donors (Lipinski definition) is 3. The first-order valence-electron chi connectivity index (χ1n) is 4.09. The molecule has 0 saturated heterocycles. The van der Waals surface area contributed by atoms with E-state index in [4.69, 9.17) is 10.9 Å². The van der Waals surface area contributed by atoms with E-state index < -0.39 is 5.82 Å². The smallest absolute Gasteiger partial charge is 0.170 e. The third-order valence-electron chi connectivity index (χ3n) is 1.74. The van der Waals surface area contributed by atoms with Crippen molar-refractivity contribution in [3.8, 4) is 0 Å². The lowest BCUT2D eigenvalue weighted by atomic mass is 10.1. The summed E-state index contributed by atoms with van der Waals surface area (Å²) in [5.74, 6) is -0.499. The summed E-state index contributed by atoms with van der Waals surface area (Å²) in [6.45, 7) is 0.531. The predicted molar refractivity (Wildman–Crippen MR) is 51.7 cm³/mol. The first kappa shape index (κ1) is 10.5. The van der Waals surface area contributed by atoms with E-state index in [1.165, 1.54) is 12.1 Å². The largest absolute Gasteiger partial charge is 0.409 e. The van der Waals surface area contributed by atoms with E-state index in [1.807, 2.05) is 0 Å². The molecule has 1 aromatic rings. The topological polar surface area (TPSA) is 70.6 Å². The number of hydrogen-bond acceptors (Lipinski definition) is 3. The summed E-state index contributed by atoms with van der Waals surface area (Å²) in [5, 5.41) is 14.1. The highest BCUT2D eigenvalue weighted by atomic mass is 19.1. The van der Waals surface area contributed by atoms with Crippen molar-refractivity contribution in [2.24, 2.45) is 10.9 Å². The Kier molecular flexibility index (Phi) is 3.41. The Labute approximate surface area is 81.2 Å². The summed E-state index contributed by atoms with van der Waals surface area (Å²) in [7, 11) is 1.76. The lowest BCUT2D eigenvalue weighted by Gasteiger charge is -2.04. The van der Waals surface area contributed by atoms with Crippen molar-refractivity contribution in [2.75, 3.05) is 7.05 Å². The third kappa shape index (κ3) is 2.43. The number of benzene rings is 1. The van der Waals surface area contributed by atoms with Crippen LogP contribution in [0.15, 0.2) is 23.4 Å². The maximum absolute atomic E-state index is 13.0. The molecule has 0 aliphatic rings. The van der Waals surface area contributed by atoms with Crippen molar-refractivity contribution in [2.45, 2.75) is 6.54 Å². The Morgan fingerprint density at radius 3 is 2.86 bits per heavy atom. The van der Waals surface area contributed by atoms with E-state index in [2.05, 4.69) is 10.5 Å². The maximum atomic E-state index is 13.0. The summed E-state index contributed by atoms with van der Waals surface area (Å²) >= 11 is 0. The SMILES string of the molecule is CNCc1cc(F)cc(/C(N)=N/O)c1. The molecule has 14 heavy (non-hydrogen) atoms. The molecule has 0 fully saturated rings. The molecule has 0 saturated carbocycles. The Balaban J connectivity index is 3.07. The molecule has 0 radical (unpaired) electrons. The molecule has 0 amide bonds. The van der Waals surface area contributed by atoms with E-state index in [-0.39, 0.29) is 5.84 Å². The van der Waals surface area contributed by atoms with E-state index in [1.54, 1.807) is 13.1 Å². The van der Waals surface area contributed by atoms with Crippen LogP contribution in [-0.4, -0.2) is 18.1 Å². The summed E-state index contributed by atoms with van der Waals surface area (Å²) < 4.78 is 13.0. The molecular weight excluding hydrogens is 185 g/mol. The highest BCUT2D eigenvalue weighted by Gasteiger charge is 2.03. The predicted octanol–water partition coefficient (Wildman–Crippen LogP) is 0.640. The molecule has 0 spiro atoms. The molecular formula is C9H12FN3O. The van der Waals surface area contributed by atoms with Gasteiger partial charge in [0.05, 0.1) is 0 Å². The normalized spacial score (nSPS) is 11.7. The molecule has 5 heteroatoms. The highest BCUT2D eigenvalue weighted by molar-refractivity contribution is 5.97. The van der Waals surface area contributed by atoms with Gasteiger partial charge in [-0.1, -0.05) is 5.16 Å². The standard InChI is InChI=1S/C9H12FN3O/c1-12-5-6-2-7(9(11)13-14)4-8(10)3-6/h2-4,12,14H,5H2,1H3,(H2,11,13). The monoisotopic (exact) mass is 197 g/mol. The van der Waals surface area contributed by atoms with Crippen LogP contribution < -0.4 is 11.1 Å². The number of halogens is 1. The van der Waals surface area contributed by atoms with Gasteiger partial charge in [-0.05, 0) is 30.8 Å². The molecule has 1 rings (SSSR count). The number of nitrogens with one attached hydrogen (secondary N) is 1. The van der Waals surface area contributed by atoms with Crippen LogP contribution in [0.2, 0.25) is 0 Å². The average Bonchev–Trinajstić information content (AvgIpc) is 2.16. The minimum atomic E-state index is -0.403. The third-order valence-corrected chi connectivity index (χ3v) is 1.74. The van der Waals surface area contributed by atoms with Crippen molar-refractivity contribution in [1.82, 2.24) is 5.32 Å². The quantitative estimate of drug-likeness (QED) is 0.288. The zero-order chi connectivity index (χ0) is 10.6. The zero-order valence-electron chi connectivity index (χ0n) is 7.79. The second kappa shape index (κ2) is 4.57. The fraction of sp³-hybridized carbons (Fsp3) is 0.222. The van der Waals surface area contributed by atoms with Gasteiger partial charge in [0.15, 0.2) is 5.84 Å². The first-order chi connectivity index (χ1) is 6.67. The fourth-order valence-corrected chi connectivity index (χ4v) is 1.16. The van der Waals surface area contributed by atoms with Gasteiger partial charge in [0.25, 0.3) is 0 Å². The molecule has 76 valence electrons. The first-order valence-corrected chi connectivity index (χ1v) is 4.09. The van der Waals surface area contributed by atoms with Crippen molar-refractivity contribution in [1.29, 1.82) is 0 Å². The molecule has 4 nitrogen and oxygen atoms in total. The zero-order valence-corrected chi connectivity index (χ0v) is 7.79. The Morgan fingerprint density at radius 1 is 1.57 bits per heavy atom. The van der Waals surface area contributed by atoms with E-state index >= 15 is 0 Å². The molecule has 0 aliphatic carbocycles. The van der Waals surface area contributed by atoms with Crippen molar-refractivity contribution in [3.63, 3.8) is 0 Å². The second-order valence-electron chi connectivity index (χ2n) is 2.86. The number of nitrogens with zero attached hydrogens (tertiary/aromatic N) is 1. The minimum absolute atomic E-state index is 0.0955. The molecule has 0 aliphatic heterocycles. The van der Waals surface area contributed by atoms with Crippen LogP contribution in [-0.2, 0) is 6.54 Å². The number of rotatable bonds is 3. The number of amidine groups is 1. The maximum Gasteiger partial charge on any atom is 0.170 e. The molecule has 4 N–H and O–H groups in total. The highest BCUT2D eigenvalue weighted by Crippen LogP contribution is 2.08. The molecule has 0 heterocycles. The van der Waals surface area contributed by atoms with Crippen LogP contribution in [0, 0.1) is 5.82 Å². The van der Waals surface area contributed by atoms with Crippen LogP contribution in [0.1, 0.15) is 11.1 Å². The molecule has 0 aromatic heterocycles. The van der Waals surface area contributed by atoms with Crippen molar-refractivity contribution >= 4 is 5.84 Å². The summed E-state index contributed by atoms with van der Waals surface area (Å²) in [4.78, 5) is 0. The van der Waals surface area contributed by atoms with Gasteiger partial charge in [-0.3, -0.25) is 0 Å². The van der Waals surface area contributed by atoms with Gasteiger partial charge in [-0.2, -0.15) is 0 Å². The van der Waals surface area contributed by atoms with Gasteiger partial charge >= 0.3 is 0 Å². The van der Waals surface area contributed by atoms with Crippen LogP contribution in [0.3, 0.4) is 0 Å². The van der Waals surface area contributed by atoms with Crippen LogP contribution in [0.5, 0.6) is 0 Å². The molecule has 0 bridgehead atoms. The molecule has 0 atom stereocenters. The van der Waals surface area contributed by atoms with Gasteiger partial charge in [0.1, 0.15) is 5.82 Å². The lowest BCUT2D eigenvalue weighted by Crippen LogP contribution is -2.14.